The Morgan fingerprint density at radius 3 is 2.63 bits per heavy atom. The van der Waals surface area contributed by atoms with Crippen molar-refractivity contribution in [3.05, 3.63) is 72.2 Å². The molecule has 1 unspecified atom stereocenters. The summed E-state index contributed by atoms with van der Waals surface area (Å²) in [4.78, 5) is 16.6. The quantitative estimate of drug-likeness (QED) is 0.594. The number of carbonyl (C=O) groups is 1. The maximum atomic E-state index is 13.0. The Kier molecular flexibility index (Phi) is 5.25. The number of hydrogen-bond donors (Lipinski definition) is 1. The van der Waals surface area contributed by atoms with Gasteiger partial charge >= 0.3 is 0 Å². The van der Waals surface area contributed by atoms with Gasteiger partial charge in [0, 0.05) is 5.56 Å². The first-order valence-corrected chi connectivity index (χ1v) is 9.86. The van der Waals surface area contributed by atoms with E-state index in [2.05, 4.69) is 22.4 Å². The Morgan fingerprint density at radius 1 is 1.19 bits per heavy atom. The topological polar surface area (TPSA) is 55.1 Å². The SMILES string of the molecule is O=C(CSc1ncc(-c2ccc(F)cc2)o1)NC(c1ccccc1)C1CC1. The highest BCUT2D eigenvalue weighted by Crippen LogP contribution is 2.41. The van der Waals surface area contributed by atoms with E-state index in [9.17, 15) is 9.18 Å². The van der Waals surface area contributed by atoms with Crippen LogP contribution in [0.25, 0.3) is 11.3 Å². The van der Waals surface area contributed by atoms with Gasteiger partial charge in [0.05, 0.1) is 18.0 Å². The van der Waals surface area contributed by atoms with Crippen molar-refractivity contribution < 1.29 is 13.6 Å². The van der Waals surface area contributed by atoms with Gasteiger partial charge in [-0.15, -0.1) is 0 Å². The zero-order valence-electron chi connectivity index (χ0n) is 14.6. The van der Waals surface area contributed by atoms with Gasteiger partial charge in [-0.2, -0.15) is 0 Å². The lowest BCUT2D eigenvalue weighted by atomic mass is 10.0. The number of aromatic nitrogens is 1. The summed E-state index contributed by atoms with van der Waals surface area (Å²) in [6, 6.07) is 16.2. The van der Waals surface area contributed by atoms with E-state index in [1.807, 2.05) is 18.2 Å². The largest absolute Gasteiger partial charge is 0.431 e. The lowest BCUT2D eigenvalue weighted by molar-refractivity contribution is -0.119. The number of amides is 1. The number of hydrogen-bond acceptors (Lipinski definition) is 4. The van der Waals surface area contributed by atoms with Crippen LogP contribution >= 0.6 is 11.8 Å². The first-order chi connectivity index (χ1) is 13.2. The molecule has 4 rings (SSSR count). The van der Waals surface area contributed by atoms with Gasteiger partial charge in [0.1, 0.15) is 5.82 Å². The van der Waals surface area contributed by atoms with Crippen molar-refractivity contribution in [2.45, 2.75) is 24.1 Å². The minimum atomic E-state index is -0.298. The fourth-order valence-corrected chi connectivity index (χ4v) is 3.59. The van der Waals surface area contributed by atoms with Crippen molar-refractivity contribution in [1.29, 1.82) is 0 Å². The standard InChI is InChI=1S/C21H19FN2O2S/c22-17-10-8-14(9-11-17)18-12-23-21(26-18)27-13-19(25)24-20(16-6-7-16)15-4-2-1-3-5-15/h1-5,8-12,16,20H,6-7,13H2,(H,24,25). The Labute approximate surface area is 161 Å². The van der Waals surface area contributed by atoms with Gasteiger partial charge in [-0.1, -0.05) is 42.1 Å². The van der Waals surface area contributed by atoms with E-state index in [1.54, 1.807) is 18.3 Å². The molecule has 1 heterocycles. The van der Waals surface area contributed by atoms with Crippen molar-refractivity contribution >= 4 is 17.7 Å². The Morgan fingerprint density at radius 2 is 1.93 bits per heavy atom. The van der Waals surface area contributed by atoms with Gasteiger partial charge in [-0.3, -0.25) is 4.79 Å². The van der Waals surface area contributed by atoms with Crippen LogP contribution in [-0.4, -0.2) is 16.6 Å². The lowest BCUT2D eigenvalue weighted by Crippen LogP contribution is -2.31. The molecule has 1 aliphatic rings. The third-order valence-electron chi connectivity index (χ3n) is 4.51. The Bertz CT molecular complexity index is 907. The average Bonchev–Trinajstić information content (AvgIpc) is 3.43. The molecule has 1 aliphatic carbocycles. The second-order valence-corrected chi connectivity index (χ2v) is 7.51. The van der Waals surface area contributed by atoms with E-state index < -0.39 is 0 Å². The molecule has 0 spiro atoms. The summed E-state index contributed by atoms with van der Waals surface area (Å²) in [7, 11) is 0. The van der Waals surface area contributed by atoms with Crippen LogP contribution in [0.4, 0.5) is 4.39 Å². The molecular weight excluding hydrogens is 363 g/mol. The van der Waals surface area contributed by atoms with Gasteiger partial charge in [0.15, 0.2) is 5.76 Å². The maximum absolute atomic E-state index is 13.0. The fourth-order valence-electron chi connectivity index (χ4n) is 2.98. The molecule has 1 atom stereocenters. The van der Waals surface area contributed by atoms with Gasteiger partial charge in [-0.25, -0.2) is 9.37 Å². The van der Waals surface area contributed by atoms with Crippen molar-refractivity contribution in [1.82, 2.24) is 10.3 Å². The van der Waals surface area contributed by atoms with E-state index >= 15 is 0 Å². The molecule has 6 heteroatoms. The van der Waals surface area contributed by atoms with Crippen molar-refractivity contribution in [3.63, 3.8) is 0 Å². The number of carbonyl (C=O) groups excluding carboxylic acids is 1. The van der Waals surface area contributed by atoms with E-state index in [1.165, 1.54) is 23.9 Å². The predicted molar refractivity (Wildman–Crippen MR) is 103 cm³/mol. The minimum Gasteiger partial charge on any atom is -0.431 e. The van der Waals surface area contributed by atoms with Crippen LogP contribution in [0.2, 0.25) is 0 Å². The third-order valence-corrected chi connectivity index (χ3v) is 5.35. The third kappa shape index (κ3) is 4.57. The van der Waals surface area contributed by atoms with Crippen molar-refractivity contribution in [3.8, 4) is 11.3 Å². The van der Waals surface area contributed by atoms with Crippen LogP contribution in [0.3, 0.4) is 0 Å². The fraction of sp³-hybridized carbons (Fsp3) is 0.238. The second kappa shape index (κ2) is 7.96. The Hall–Kier alpha value is -2.60. The smallest absolute Gasteiger partial charge is 0.256 e. The number of halogens is 1. The molecule has 1 N–H and O–H groups in total. The molecule has 1 amide bonds. The Balaban J connectivity index is 1.34. The summed E-state index contributed by atoms with van der Waals surface area (Å²) in [6.45, 7) is 0. The first-order valence-electron chi connectivity index (χ1n) is 8.88. The molecule has 1 fully saturated rings. The molecule has 0 aliphatic heterocycles. The summed E-state index contributed by atoms with van der Waals surface area (Å²) >= 11 is 1.25. The highest BCUT2D eigenvalue weighted by atomic mass is 32.2. The summed E-state index contributed by atoms with van der Waals surface area (Å²) < 4.78 is 18.7. The number of rotatable bonds is 7. The lowest BCUT2D eigenvalue weighted by Gasteiger charge is -2.18. The monoisotopic (exact) mass is 382 g/mol. The van der Waals surface area contributed by atoms with Gasteiger partial charge in [0.25, 0.3) is 5.22 Å². The summed E-state index contributed by atoms with van der Waals surface area (Å²) in [5, 5.41) is 3.56. The minimum absolute atomic E-state index is 0.0396. The van der Waals surface area contributed by atoms with E-state index in [4.69, 9.17) is 4.42 Å². The number of nitrogens with zero attached hydrogens (tertiary/aromatic N) is 1. The molecule has 4 nitrogen and oxygen atoms in total. The molecular formula is C21H19FN2O2S. The molecule has 1 saturated carbocycles. The van der Waals surface area contributed by atoms with Crippen LogP contribution in [0.1, 0.15) is 24.4 Å². The molecule has 1 aromatic heterocycles. The number of nitrogens with one attached hydrogen (secondary N) is 1. The van der Waals surface area contributed by atoms with Crippen LogP contribution in [-0.2, 0) is 4.79 Å². The molecule has 0 radical (unpaired) electrons. The highest BCUT2D eigenvalue weighted by molar-refractivity contribution is 7.99. The van der Waals surface area contributed by atoms with Crippen molar-refractivity contribution in [2.75, 3.05) is 5.75 Å². The summed E-state index contributed by atoms with van der Waals surface area (Å²) in [5.41, 5.74) is 1.89. The number of oxazole rings is 1. The molecule has 0 saturated heterocycles. The van der Waals surface area contributed by atoms with Crippen LogP contribution < -0.4 is 5.32 Å². The summed E-state index contributed by atoms with van der Waals surface area (Å²) in [5.74, 6) is 0.973. The van der Waals surface area contributed by atoms with E-state index in [0.717, 1.165) is 24.0 Å². The van der Waals surface area contributed by atoms with Crippen LogP contribution in [0, 0.1) is 11.7 Å². The number of benzene rings is 2. The van der Waals surface area contributed by atoms with Crippen LogP contribution in [0.5, 0.6) is 0 Å². The normalized spacial score (nSPS) is 14.7. The molecule has 0 bridgehead atoms. The van der Waals surface area contributed by atoms with Crippen LogP contribution in [0.15, 0.2) is 70.4 Å². The number of thioether (sulfide) groups is 1. The molecule has 3 aromatic rings. The van der Waals surface area contributed by atoms with Gasteiger partial charge in [0.2, 0.25) is 5.91 Å². The zero-order chi connectivity index (χ0) is 18.6. The maximum Gasteiger partial charge on any atom is 0.256 e. The van der Waals surface area contributed by atoms with Crippen molar-refractivity contribution in [2.24, 2.45) is 5.92 Å². The highest BCUT2D eigenvalue weighted by Gasteiger charge is 2.33. The first kappa shape index (κ1) is 17.8. The molecule has 27 heavy (non-hydrogen) atoms. The van der Waals surface area contributed by atoms with Gasteiger partial charge in [-0.05, 0) is 48.6 Å². The predicted octanol–water partition coefficient (Wildman–Crippen LogP) is 4.84. The second-order valence-electron chi connectivity index (χ2n) is 6.58. The van der Waals surface area contributed by atoms with Gasteiger partial charge < -0.3 is 9.73 Å². The summed E-state index contributed by atoms with van der Waals surface area (Å²) in [6.07, 6.45) is 3.88. The van der Waals surface area contributed by atoms with E-state index in [-0.39, 0.29) is 23.5 Å². The molecule has 138 valence electrons. The molecule has 2 aromatic carbocycles. The van der Waals surface area contributed by atoms with E-state index in [0.29, 0.717) is 16.9 Å². The zero-order valence-corrected chi connectivity index (χ0v) is 15.4. The average molecular weight is 382 g/mol.